The maximum absolute atomic E-state index is 12.4. The van der Waals surface area contributed by atoms with Crippen LogP contribution < -0.4 is 10.6 Å². The van der Waals surface area contributed by atoms with Gasteiger partial charge in [-0.2, -0.15) is 0 Å². The molecule has 6 nitrogen and oxygen atoms in total. The fourth-order valence-electron chi connectivity index (χ4n) is 2.64. The summed E-state index contributed by atoms with van der Waals surface area (Å²) in [6.45, 7) is 0.523. The molecule has 0 radical (unpaired) electrons. The minimum Gasteiger partial charge on any atom is -0.323 e. The van der Waals surface area contributed by atoms with Crippen molar-refractivity contribution < 1.29 is 14.4 Å². The molecule has 0 spiro atoms. The largest absolute Gasteiger partial charge is 0.323 e. The van der Waals surface area contributed by atoms with Gasteiger partial charge in [-0.25, -0.2) is 0 Å². The van der Waals surface area contributed by atoms with Crippen LogP contribution in [0.15, 0.2) is 24.3 Å². The van der Waals surface area contributed by atoms with Crippen LogP contribution in [0.2, 0.25) is 0 Å². The number of benzene rings is 1. The molecular formula is C14H15N3O3. The zero-order valence-electron chi connectivity index (χ0n) is 10.9. The number of amides is 3. The van der Waals surface area contributed by atoms with Gasteiger partial charge in [-0.3, -0.25) is 19.7 Å². The van der Waals surface area contributed by atoms with Gasteiger partial charge in [0.25, 0.3) is 0 Å². The molecule has 1 atom stereocenters. The summed E-state index contributed by atoms with van der Waals surface area (Å²) >= 11 is 0. The van der Waals surface area contributed by atoms with Crippen LogP contribution in [0.4, 0.5) is 0 Å². The molecule has 0 unspecified atom stereocenters. The van der Waals surface area contributed by atoms with E-state index in [1.54, 1.807) is 0 Å². The van der Waals surface area contributed by atoms with Gasteiger partial charge in [-0.05, 0) is 17.5 Å². The van der Waals surface area contributed by atoms with Crippen LogP contribution in [-0.2, 0) is 27.3 Å². The Kier molecular flexibility index (Phi) is 3.23. The van der Waals surface area contributed by atoms with Gasteiger partial charge in [0.1, 0.15) is 13.1 Å². The summed E-state index contributed by atoms with van der Waals surface area (Å²) < 4.78 is 0. The Labute approximate surface area is 116 Å². The van der Waals surface area contributed by atoms with Crippen molar-refractivity contribution in [2.75, 3.05) is 13.1 Å². The van der Waals surface area contributed by atoms with Crippen LogP contribution in [0.25, 0.3) is 0 Å². The number of carbonyl (C=O) groups excluding carboxylic acids is 3. The minimum absolute atomic E-state index is 0.0512. The first-order valence-electron chi connectivity index (χ1n) is 6.55. The van der Waals surface area contributed by atoms with E-state index in [1.807, 2.05) is 24.3 Å². The molecule has 1 fully saturated rings. The first kappa shape index (κ1) is 12.8. The topological polar surface area (TPSA) is 78.5 Å². The van der Waals surface area contributed by atoms with Crippen LogP contribution in [0.3, 0.4) is 0 Å². The third-order valence-electron chi connectivity index (χ3n) is 3.64. The van der Waals surface area contributed by atoms with Gasteiger partial charge in [-0.15, -0.1) is 0 Å². The molecule has 104 valence electrons. The molecule has 3 rings (SSSR count). The van der Waals surface area contributed by atoms with Crippen molar-refractivity contribution in [3.63, 3.8) is 0 Å². The predicted octanol–water partition coefficient (Wildman–Crippen LogP) is -0.814. The SMILES string of the molecule is O=C1CN(C(=O)[C@@H]2Cc3ccccc3CN2)CC(=O)N1. The second kappa shape index (κ2) is 5.05. The van der Waals surface area contributed by atoms with E-state index >= 15 is 0 Å². The molecule has 2 aliphatic rings. The monoisotopic (exact) mass is 273 g/mol. The zero-order valence-corrected chi connectivity index (χ0v) is 10.9. The van der Waals surface area contributed by atoms with E-state index in [1.165, 1.54) is 10.5 Å². The second-order valence-corrected chi connectivity index (χ2v) is 5.07. The normalized spacial score (nSPS) is 22.2. The Morgan fingerprint density at radius 3 is 2.45 bits per heavy atom. The van der Waals surface area contributed by atoms with Crippen LogP contribution in [0.5, 0.6) is 0 Å². The number of piperazine rings is 1. The van der Waals surface area contributed by atoms with Crippen molar-refractivity contribution in [1.82, 2.24) is 15.5 Å². The lowest BCUT2D eigenvalue weighted by Crippen LogP contribution is -2.58. The molecule has 2 aliphatic heterocycles. The third-order valence-corrected chi connectivity index (χ3v) is 3.64. The first-order valence-corrected chi connectivity index (χ1v) is 6.55. The first-order chi connectivity index (χ1) is 9.63. The molecule has 0 bridgehead atoms. The summed E-state index contributed by atoms with van der Waals surface area (Å²) in [5, 5.41) is 5.36. The highest BCUT2D eigenvalue weighted by Gasteiger charge is 2.32. The second-order valence-electron chi connectivity index (χ2n) is 5.07. The van der Waals surface area contributed by atoms with E-state index in [4.69, 9.17) is 0 Å². The van der Waals surface area contributed by atoms with Crippen LogP contribution in [0.1, 0.15) is 11.1 Å². The molecule has 1 aromatic carbocycles. The molecule has 20 heavy (non-hydrogen) atoms. The fourth-order valence-corrected chi connectivity index (χ4v) is 2.64. The van der Waals surface area contributed by atoms with Gasteiger partial charge in [0.15, 0.2) is 0 Å². The molecule has 2 N–H and O–H groups in total. The lowest BCUT2D eigenvalue weighted by atomic mass is 9.95. The quantitative estimate of drug-likeness (QED) is 0.656. The molecule has 0 aliphatic carbocycles. The molecule has 2 heterocycles. The van der Waals surface area contributed by atoms with Gasteiger partial charge in [0, 0.05) is 6.54 Å². The number of rotatable bonds is 1. The van der Waals surface area contributed by atoms with Crippen LogP contribution in [-0.4, -0.2) is 41.8 Å². The molecule has 1 saturated heterocycles. The number of hydrogen-bond acceptors (Lipinski definition) is 4. The molecule has 0 saturated carbocycles. The number of fused-ring (bicyclic) bond motifs is 1. The summed E-state index contributed by atoms with van der Waals surface area (Å²) in [7, 11) is 0. The van der Waals surface area contributed by atoms with E-state index < -0.39 is 11.8 Å². The van der Waals surface area contributed by atoms with Gasteiger partial charge < -0.3 is 10.2 Å². The van der Waals surface area contributed by atoms with E-state index in [0.717, 1.165) is 5.56 Å². The lowest BCUT2D eigenvalue weighted by Gasteiger charge is -2.32. The smallest absolute Gasteiger partial charge is 0.246 e. The standard InChI is InChI=1S/C14H15N3O3/c18-12-7-17(8-13(19)16-12)14(20)11-5-9-3-1-2-4-10(9)6-15-11/h1-4,11,15H,5-8H2,(H,16,18,19)/t11-/m0/s1. The van der Waals surface area contributed by atoms with Gasteiger partial charge in [0.2, 0.25) is 17.7 Å². The van der Waals surface area contributed by atoms with Gasteiger partial charge >= 0.3 is 0 Å². The Balaban J connectivity index is 1.73. The summed E-state index contributed by atoms with van der Waals surface area (Å²) in [6, 6.07) is 7.58. The molecule has 0 aromatic heterocycles. The molecule has 6 heteroatoms. The summed E-state index contributed by atoms with van der Waals surface area (Å²) in [4.78, 5) is 36.3. The fraction of sp³-hybridized carbons (Fsp3) is 0.357. The van der Waals surface area contributed by atoms with Crippen molar-refractivity contribution in [3.8, 4) is 0 Å². The van der Waals surface area contributed by atoms with Crippen molar-refractivity contribution >= 4 is 17.7 Å². The highest BCUT2D eigenvalue weighted by molar-refractivity contribution is 6.03. The number of nitrogens with zero attached hydrogens (tertiary/aromatic N) is 1. The minimum atomic E-state index is -0.425. The van der Waals surface area contributed by atoms with Crippen molar-refractivity contribution in [2.24, 2.45) is 0 Å². The number of carbonyl (C=O) groups is 3. The summed E-state index contributed by atoms with van der Waals surface area (Å²) in [5.74, 6) is -1.04. The van der Waals surface area contributed by atoms with E-state index in [2.05, 4.69) is 10.6 Å². The number of nitrogens with one attached hydrogen (secondary N) is 2. The lowest BCUT2D eigenvalue weighted by molar-refractivity contribution is -0.146. The van der Waals surface area contributed by atoms with Crippen molar-refractivity contribution in [2.45, 2.75) is 19.0 Å². The number of imide groups is 1. The maximum Gasteiger partial charge on any atom is 0.246 e. The predicted molar refractivity (Wildman–Crippen MR) is 70.5 cm³/mol. The Hall–Kier alpha value is -2.21. The highest BCUT2D eigenvalue weighted by atomic mass is 16.2. The van der Waals surface area contributed by atoms with Crippen LogP contribution in [0, 0.1) is 0 Å². The molecule has 1 aromatic rings. The zero-order chi connectivity index (χ0) is 14.1. The van der Waals surface area contributed by atoms with E-state index in [9.17, 15) is 14.4 Å². The van der Waals surface area contributed by atoms with Crippen LogP contribution >= 0.6 is 0 Å². The number of hydrogen-bond donors (Lipinski definition) is 2. The van der Waals surface area contributed by atoms with Crippen molar-refractivity contribution in [1.29, 1.82) is 0 Å². The maximum atomic E-state index is 12.4. The molecule has 3 amide bonds. The van der Waals surface area contributed by atoms with Gasteiger partial charge in [0.05, 0.1) is 6.04 Å². The average molecular weight is 273 g/mol. The summed E-state index contributed by atoms with van der Waals surface area (Å²) in [6.07, 6.45) is 0.585. The Morgan fingerprint density at radius 1 is 1.10 bits per heavy atom. The van der Waals surface area contributed by atoms with E-state index in [0.29, 0.717) is 13.0 Å². The third kappa shape index (κ3) is 2.42. The Bertz CT molecular complexity index is 569. The summed E-state index contributed by atoms with van der Waals surface area (Å²) in [5.41, 5.74) is 2.32. The van der Waals surface area contributed by atoms with Crippen molar-refractivity contribution in [3.05, 3.63) is 35.4 Å². The molecular weight excluding hydrogens is 258 g/mol. The average Bonchev–Trinajstić information content (AvgIpc) is 2.45. The van der Waals surface area contributed by atoms with Gasteiger partial charge in [-0.1, -0.05) is 24.3 Å². The van der Waals surface area contributed by atoms with E-state index in [-0.39, 0.29) is 25.0 Å². The Morgan fingerprint density at radius 2 is 1.75 bits per heavy atom. The highest BCUT2D eigenvalue weighted by Crippen LogP contribution is 2.17.